The molecule has 1 aliphatic heterocycles. The number of likely N-dealkylation sites (N-methyl/N-ethyl adjacent to an activating group) is 2. The van der Waals surface area contributed by atoms with Gasteiger partial charge in [-0.25, -0.2) is 0 Å². The lowest BCUT2D eigenvalue weighted by Gasteiger charge is -2.43. The third kappa shape index (κ3) is 5.25. The second-order valence-electron chi connectivity index (χ2n) is 10.2. The van der Waals surface area contributed by atoms with Crippen molar-refractivity contribution in [3.05, 3.63) is 83.9 Å². The molecule has 0 bridgehead atoms. The number of piperidine rings is 1. The lowest BCUT2D eigenvalue weighted by atomic mass is 9.84. The van der Waals surface area contributed by atoms with E-state index in [-0.39, 0.29) is 18.1 Å². The van der Waals surface area contributed by atoms with E-state index in [0.717, 1.165) is 54.0 Å². The van der Waals surface area contributed by atoms with Gasteiger partial charge >= 0.3 is 0 Å². The Kier molecular flexibility index (Phi) is 7.28. The van der Waals surface area contributed by atoms with Gasteiger partial charge in [0.25, 0.3) is 5.91 Å². The van der Waals surface area contributed by atoms with Gasteiger partial charge in [0, 0.05) is 36.0 Å². The first-order valence-electron chi connectivity index (χ1n) is 13.2. The first-order chi connectivity index (χ1) is 17.9. The number of hydrogen-bond acceptors (Lipinski definition) is 4. The van der Waals surface area contributed by atoms with Crippen LogP contribution in [-0.4, -0.2) is 64.7 Å². The first-order valence-corrected chi connectivity index (χ1v) is 13.2. The van der Waals surface area contributed by atoms with Gasteiger partial charge in [0.1, 0.15) is 5.75 Å². The van der Waals surface area contributed by atoms with Crippen LogP contribution in [0.2, 0.25) is 0 Å². The van der Waals surface area contributed by atoms with E-state index >= 15 is 0 Å². The van der Waals surface area contributed by atoms with Gasteiger partial charge in [-0.15, -0.1) is 0 Å². The summed E-state index contributed by atoms with van der Waals surface area (Å²) >= 11 is 0. The molecule has 0 radical (unpaired) electrons. The third-order valence-corrected chi connectivity index (χ3v) is 7.47. The van der Waals surface area contributed by atoms with Gasteiger partial charge in [0.05, 0.1) is 23.4 Å². The van der Waals surface area contributed by atoms with E-state index in [0.29, 0.717) is 11.5 Å². The average Bonchev–Trinajstić information content (AvgIpc) is 3.36. The second kappa shape index (κ2) is 10.8. The molecule has 3 aromatic carbocycles. The Morgan fingerprint density at radius 2 is 1.86 bits per heavy atom. The van der Waals surface area contributed by atoms with E-state index in [9.17, 15) is 4.79 Å². The maximum atomic E-state index is 13.8. The molecule has 2 atom stereocenters. The highest BCUT2D eigenvalue weighted by Crippen LogP contribution is 2.33. The predicted octanol–water partition coefficient (Wildman–Crippen LogP) is 5.97. The van der Waals surface area contributed by atoms with Crippen molar-refractivity contribution in [3.8, 4) is 17.0 Å². The Labute approximate surface area is 219 Å². The summed E-state index contributed by atoms with van der Waals surface area (Å²) in [5.41, 5.74) is 4.71. The third-order valence-electron chi connectivity index (χ3n) is 7.47. The normalized spacial score (nSPS) is 18.3. The number of carbonyl (C=O) groups excluding carboxylic acids is 1. The molecule has 0 spiro atoms. The Balaban J connectivity index is 1.43. The molecule has 1 amide bonds. The van der Waals surface area contributed by atoms with E-state index in [1.165, 1.54) is 5.56 Å². The van der Waals surface area contributed by atoms with Crippen molar-refractivity contribution in [2.24, 2.45) is 0 Å². The summed E-state index contributed by atoms with van der Waals surface area (Å²) in [6, 6.07) is 24.5. The largest absolute Gasteiger partial charge is 0.491 e. The molecule has 0 unspecified atom stereocenters. The van der Waals surface area contributed by atoms with E-state index in [1.54, 1.807) is 0 Å². The minimum absolute atomic E-state index is 0.0404. The van der Waals surface area contributed by atoms with Gasteiger partial charge in [-0.2, -0.15) is 5.10 Å². The van der Waals surface area contributed by atoms with E-state index in [2.05, 4.69) is 52.4 Å². The van der Waals surface area contributed by atoms with Gasteiger partial charge in [0.15, 0.2) is 0 Å². The van der Waals surface area contributed by atoms with Crippen LogP contribution in [0.15, 0.2) is 72.8 Å². The molecule has 5 rings (SSSR count). The van der Waals surface area contributed by atoms with E-state index in [1.807, 2.05) is 68.3 Å². The summed E-state index contributed by atoms with van der Waals surface area (Å²) in [7, 11) is 1.95. The van der Waals surface area contributed by atoms with Crippen LogP contribution in [0, 0.1) is 0 Å². The monoisotopic (exact) mass is 496 g/mol. The SMILES string of the molecule is CCN1CC[C@@H](c2ccccc2)[C@H](N(C)C(=O)c2ccc3[nH]nc(-c4ccc(OC(C)C)cc4)c3c2)C1. The summed E-state index contributed by atoms with van der Waals surface area (Å²) in [6.07, 6.45) is 1.17. The Morgan fingerprint density at radius 3 is 2.57 bits per heavy atom. The number of aromatic nitrogens is 2. The lowest BCUT2D eigenvalue weighted by molar-refractivity contribution is 0.0575. The molecular formula is C31H36N4O2. The molecule has 1 saturated heterocycles. The maximum Gasteiger partial charge on any atom is 0.253 e. The maximum absolute atomic E-state index is 13.8. The van der Waals surface area contributed by atoms with E-state index in [4.69, 9.17) is 4.74 Å². The number of ether oxygens (including phenoxy) is 1. The molecule has 6 nitrogen and oxygen atoms in total. The number of hydrogen-bond donors (Lipinski definition) is 1. The molecule has 4 aromatic rings. The summed E-state index contributed by atoms with van der Waals surface area (Å²) in [5, 5.41) is 8.63. The van der Waals surface area contributed by atoms with Crippen molar-refractivity contribution in [2.45, 2.75) is 45.3 Å². The van der Waals surface area contributed by atoms with Gasteiger partial charge in [-0.3, -0.25) is 9.89 Å². The van der Waals surface area contributed by atoms with Crippen LogP contribution in [-0.2, 0) is 0 Å². The molecule has 1 fully saturated rings. The van der Waals surface area contributed by atoms with Crippen molar-refractivity contribution in [1.29, 1.82) is 0 Å². The fourth-order valence-electron chi connectivity index (χ4n) is 5.45. The molecule has 0 saturated carbocycles. The second-order valence-corrected chi connectivity index (χ2v) is 10.2. The van der Waals surface area contributed by atoms with Crippen LogP contribution in [0.5, 0.6) is 5.75 Å². The minimum atomic E-state index is 0.0404. The number of nitrogens with one attached hydrogen (secondary N) is 1. The van der Waals surface area contributed by atoms with Gasteiger partial charge in [-0.1, -0.05) is 37.3 Å². The highest BCUT2D eigenvalue weighted by molar-refractivity contribution is 6.01. The molecule has 1 aliphatic rings. The van der Waals surface area contributed by atoms with Crippen LogP contribution in [0.1, 0.15) is 49.0 Å². The standard InChI is InChI=1S/C31H36N4O2/c1-5-35-18-17-26(22-9-7-6-8-10-22)29(20-35)34(4)31(36)24-13-16-28-27(19-24)30(33-32-28)23-11-14-25(15-12-23)37-21(2)3/h6-16,19,21,26,29H,5,17-18,20H2,1-4H3,(H,32,33)/t26-,29+/m0/s1. The smallest absolute Gasteiger partial charge is 0.253 e. The Morgan fingerprint density at radius 1 is 1.11 bits per heavy atom. The first kappa shape index (κ1) is 25.0. The molecule has 0 aliphatic carbocycles. The fourth-order valence-corrected chi connectivity index (χ4v) is 5.45. The summed E-state index contributed by atoms with van der Waals surface area (Å²) < 4.78 is 5.78. The van der Waals surface area contributed by atoms with Crippen molar-refractivity contribution >= 4 is 16.8 Å². The molecule has 6 heteroatoms. The van der Waals surface area contributed by atoms with Crippen LogP contribution in [0.3, 0.4) is 0 Å². The molecular weight excluding hydrogens is 460 g/mol. The lowest BCUT2D eigenvalue weighted by Crippen LogP contribution is -2.52. The number of fused-ring (bicyclic) bond motifs is 1. The topological polar surface area (TPSA) is 61.5 Å². The van der Waals surface area contributed by atoms with Crippen molar-refractivity contribution in [2.75, 3.05) is 26.7 Å². The van der Waals surface area contributed by atoms with Crippen LogP contribution >= 0.6 is 0 Å². The number of aromatic amines is 1. The molecule has 37 heavy (non-hydrogen) atoms. The zero-order valence-corrected chi connectivity index (χ0v) is 22.1. The molecule has 192 valence electrons. The average molecular weight is 497 g/mol. The number of H-pyrrole nitrogens is 1. The van der Waals surface area contributed by atoms with Gasteiger partial charge in [0.2, 0.25) is 0 Å². The zero-order valence-electron chi connectivity index (χ0n) is 22.1. The summed E-state index contributed by atoms with van der Waals surface area (Å²) in [6.45, 7) is 9.14. The van der Waals surface area contributed by atoms with Crippen molar-refractivity contribution in [1.82, 2.24) is 20.0 Å². The van der Waals surface area contributed by atoms with Crippen LogP contribution in [0.25, 0.3) is 22.2 Å². The molecule has 1 aromatic heterocycles. The zero-order chi connectivity index (χ0) is 25.9. The van der Waals surface area contributed by atoms with E-state index < -0.39 is 0 Å². The molecule has 2 heterocycles. The van der Waals surface area contributed by atoms with Crippen LogP contribution < -0.4 is 4.74 Å². The number of rotatable bonds is 7. The molecule has 1 N–H and O–H groups in total. The number of benzene rings is 3. The highest BCUT2D eigenvalue weighted by Gasteiger charge is 2.35. The predicted molar refractivity (Wildman–Crippen MR) is 149 cm³/mol. The van der Waals surface area contributed by atoms with Gasteiger partial charge < -0.3 is 14.5 Å². The number of amides is 1. The number of carbonyl (C=O) groups is 1. The fraction of sp³-hybridized carbons (Fsp3) is 0.355. The number of nitrogens with zero attached hydrogens (tertiary/aromatic N) is 3. The number of likely N-dealkylation sites (tertiary alicyclic amines) is 1. The Hall–Kier alpha value is -3.64. The van der Waals surface area contributed by atoms with Crippen molar-refractivity contribution < 1.29 is 9.53 Å². The Bertz CT molecular complexity index is 1350. The van der Waals surface area contributed by atoms with Gasteiger partial charge in [-0.05, 0) is 81.4 Å². The minimum Gasteiger partial charge on any atom is -0.491 e. The summed E-state index contributed by atoms with van der Waals surface area (Å²) in [5.74, 6) is 1.19. The quantitative estimate of drug-likeness (QED) is 0.343. The van der Waals surface area contributed by atoms with Crippen molar-refractivity contribution in [3.63, 3.8) is 0 Å². The highest BCUT2D eigenvalue weighted by atomic mass is 16.5. The van der Waals surface area contributed by atoms with Crippen LogP contribution in [0.4, 0.5) is 0 Å². The summed E-state index contributed by atoms with van der Waals surface area (Å²) in [4.78, 5) is 18.2.